The summed E-state index contributed by atoms with van der Waals surface area (Å²) in [5.41, 5.74) is 0.484. The molecule has 1 aliphatic rings. The third-order valence-corrected chi connectivity index (χ3v) is 4.66. The second kappa shape index (κ2) is 9.39. The average Bonchev–Trinajstić information content (AvgIpc) is 3.09. The highest BCUT2D eigenvalue weighted by molar-refractivity contribution is 5.94. The average molecular weight is 347 g/mol. The summed E-state index contributed by atoms with van der Waals surface area (Å²) in [4.78, 5) is 31.4. The first-order valence-electron chi connectivity index (χ1n) is 9.20. The summed E-state index contributed by atoms with van der Waals surface area (Å²) in [5, 5.41) is 3.04. The van der Waals surface area contributed by atoms with Crippen LogP contribution in [0.3, 0.4) is 0 Å². The van der Waals surface area contributed by atoms with Gasteiger partial charge >= 0.3 is 0 Å². The Morgan fingerprint density at radius 3 is 2.52 bits per heavy atom. The molecule has 1 aromatic heterocycles. The van der Waals surface area contributed by atoms with E-state index in [0.29, 0.717) is 11.4 Å². The fourth-order valence-corrected chi connectivity index (χ4v) is 3.42. The lowest BCUT2D eigenvalue weighted by molar-refractivity contribution is -0.136. The van der Waals surface area contributed by atoms with E-state index in [0.717, 1.165) is 45.2 Å². The summed E-state index contributed by atoms with van der Waals surface area (Å²) >= 11 is 0. The lowest BCUT2D eigenvalue weighted by Gasteiger charge is -2.28. The molecule has 1 aliphatic carbocycles. The first-order valence-corrected chi connectivity index (χ1v) is 9.20. The van der Waals surface area contributed by atoms with Gasteiger partial charge in [-0.15, -0.1) is 0 Å². The van der Waals surface area contributed by atoms with E-state index in [1.165, 1.54) is 13.3 Å². The number of methoxy groups -OCH3 is 1. The number of carbonyl (C=O) groups excluding carboxylic acids is 2. The van der Waals surface area contributed by atoms with E-state index >= 15 is 0 Å². The summed E-state index contributed by atoms with van der Waals surface area (Å²) in [5.74, 6) is 0.352. The normalized spacial score (nSPS) is 19.5. The molecule has 0 aromatic carbocycles. The van der Waals surface area contributed by atoms with Gasteiger partial charge in [0, 0.05) is 31.4 Å². The third kappa shape index (κ3) is 4.94. The van der Waals surface area contributed by atoms with Gasteiger partial charge in [0.25, 0.3) is 5.91 Å². The topological polar surface area (TPSA) is 71.5 Å². The van der Waals surface area contributed by atoms with Crippen molar-refractivity contribution in [1.82, 2.24) is 15.2 Å². The Balaban J connectivity index is 2.02. The maximum Gasteiger partial charge on any atom is 0.253 e. The second-order valence-corrected chi connectivity index (χ2v) is 6.53. The van der Waals surface area contributed by atoms with Gasteiger partial charge in [-0.25, -0.2) is 4.98 Å². The molecule has 1 fully saturated rings. The molecule has 0 saturated heterocycles. The molecule has 0 bridgehead atoms. The Labute approximate surface area is 150 Å². The largest absolute Gasteiger partial charge is 0.481 e. The molecule has 6 heteroatoms. The van der Waals surface area contributed by atoms with Crippen molar-refractivity contribution in [1.29, 1.82) is 0 Å². The molecule has 1 heterocycles. The van der Waals surface area contributed by atoms with Gasteiger partial charge in [-0.3, -0.25) is 9.59 Å². The summed E-state index contributed by atoms with van der Waals surface area (Å²) in [6.07, 6.45) is 6.06. The summed E-state index contributed by atoms with van der Waals surface area (Å²) < 4.78 is 5.01. The molecule has 138 valence electrons. The van der Waals surface area contributed by atoms with Crippen molar-refractivity contribution in [2.24, 2.45) is 5.92 Å². The van der Waals surface area contributed by atoms with E-state index in [9.17, 15) is 9.59 Å². The first-order chi connectivity index (χ1) is 12.1. The quantitative estimate of drug-likeness (QED) is 0.785. The Morgan fingerprint density at radius 1 is 1.24 bits per heavy atom. The number of aromatic nitrogens is 1. The van der Waals surface area contributed by atoms with Crippen LogP contribution >= 0.6 is 0 Å². The number of carbonyl (C=O) groups is 2. The van der Waals surface area contributed by atoms with Gasteiger partial charge in [0.15, 0.2) is 0 Å². The fraction of sp³-hybridized carbons (Fsp3) is 0.632. The van der Waals surface area contributed by atoms with E-state index in [2.05, 4.69) is 24.1 Å². The predicted octanol–water partition coefficient (Wildman–Crippen LogP) is 2.64. The van der Waals surface area contributed by atoms with Crippen molar-refractivity contribution in [2.75, 3.05) is 20.2 Å². The Bertz CT molecular complexity index is 568. The van der Waals surface area contributed by atoms with Crippen LogP contribution in [0.2, 0.25) is 0 Å². The van der Waals surface area contributed by atoms with Crippen LogP contribution in [0.5, 0.6) is 5.88 Å². The number of amides is 2. The molecule has 0 radical (unpaired) electrons. The molecule has 1 N–H and O–H groups in total. The second-order valence-electron chi connectivity index (χ2n) is 6.53. The summed E-state index contributed by atoms with van der Waals surface area (Å²) in [6.45, 7) is 5.74. The number of nitrogens with one attached hydrogen (secondary N) is 1. The minimum Gasteiger partial charge on any atom is -0.481 e. The van der Waals surface area contributed by atoms with Gasteiger partial charge < -0.3 is 15.0 Å². The lowest BCUT2D eigenvalue weighted by Crippen LogP contribution is -2.46. The van der Waals surface area contributed by atoms with Crippen LogP contribution < -0.4 is 10.1 Å². The number of pyridine rings is 1. The van der Waals surface area contributed by atoms with Crippen LogP contribution in [0.25, 0.3) is 0 Å². The molecule has 2 rings (SSSR count). The molecule has 2 atom stereocenters. The molecule has 6 nitrogen and oxygen atoms in total. The predicted molar refractivity (Wildman–Crippen MR) is 96.5 cm³/mol. The third-order valence-electron chi connectivity index (χ3n) is 4.66. The number of nitrogens with zero attached hydrogens (tertiary/aromatic N) is 2. The SMILES string of the molecule is CCCN(CCC)C(=O)[C@H]1CCC[C@H]1NC(=O)c1ccc(OC)nc1. The molecule has 25 heavy (non-hydrogen) atoms. The van der Waals surface area contributed by atoms with Crippen LogP contribution in [0.4, 0.5) is 0 Å². The van der Waals surface area contributed by atoms with Crippen LogP contribution in [-0.2, 0) is 4.79 Å². The van der Waals surface area contributed by atoms with E-state index in [-0.39, 0.29) is 23.8 Å². The number of hydrogen-bond donors (Lipinski definition) is 1. The highest BCUT2D eigenvalue weighted by Gasteiger charge is 2.36. The first kappa shape index (κ1) is 19.2. The smallest absolute Gasteiger partial charge is 0.253 e. The van der Waals surface area contributed by atoms with Gasteiger partial charge in [-0.1, -0.05) is 20.3 Å². The Morgan fingerprint density at radius 2 is 1.96 bits per heavy atom. The molecule has 0 unspecified atom stereocenters. The number of ether oxygens (including phenoxy) is 1. The van der Waals surface area contributed by atoms with Crippen molar-refractivity contribution in [2.45, 2.75) is 52.0 Å². The standard InChI is InChI=1S/C19H29N3O3/c1-4-11-22(12-5-2)19(24)15-7-6-8-16(15)21-18(23)14-9-10-17(25-3)20-13-14/h9-10,13,15-16H,4-8,11-12H2,1-3H3,(H,21,23)/t15-,16+/m0/s1. The molecule has 2 amide bonds. The molecular weight excluding hydrogens is 318 g/mol. The van der Waals surface area contributed by atoms with E-state index in [1.807, 2.05) is 4.90 Å². The van der Waals surface area contributed by atoms with Gasteiger partial charge in [0.05, 0.1) is 18.6 Å². The highest BCUT2D eigenvalue weighted by Crippen LogP contribution is 2.28. The van der Waals surface area contributed by atoms with Crippen molar-refractivity contribution in [3.8, 4) is 5.88 Å². The molecular formula is C19H29N3O3. The van der Waals surface area contributed by atoms with E-state index < -0.39 is 0 Å². The molecule has 1 saturated carbocycles. The Kier molecular flexibility index (Phi) is 7.22. The van der Waals surface area contributed by atoms with Crippen LogP contribution in [0.15, 0.2) is 18.3 Å². The van der Waals surface area contributed by atoms with Crippen molar-refractivity contribution in [3.05, 3.63) is 23.9 Å². The minimum atomic E-state index is -0.183. The van der Waals surface area contributed by atoms with Crippen molar-refractivity contribution in [3.63, 3.8) is 0 Å². The van der Waals surface area contributed by atoms with E-state index in [4.69, 9.17) is 4.74 Å². The molecule has 0 spiro atoms. The maximum atomic E-state index is 12.9. The zero-order chi connectivity index (χ0) is 18.2. The highest BCUT2D eigenvalue weighted by atomic mass is 16.5. The molecule has 0 aliphatic heterocycles. The summed E-state index contributed by atoms with van der Waals surface area (Å²) in [7, 11) is 1.54. The van der Waals surface area contributed by atoms with Crippen molar-refractivity contribution >= 4 is 11.8 Å². The Hall–Kier alpha value is -2.11. The summed E-state index contributed by atoms with van der Waals surface area (Å²) in [6, 6.07) is 3.25. The van der Waals surface area contributed by atoms with Crippen LogP contribution in [-0.4, -0.2) is 47.9 Å². The number of rotatable bonds is 8. The minimum absolute atomic E-state index is 0.0988. The van der Waals surface area contributed by atoms with Crippen LogP contribution in [0.1, 0.15) is 56.3 Å². The number of hydrogen-bond acceptors (Lipinski definition) is 4. The van der Waals surface area contributed by atoms with Gasteiger partial charge in [-0.2, -0.15) is 0 Å². The van der Waals surface area contributed by atoms with Crippen molar-refractivity contribution < 1.29 is 14.3 Å². The zero-order valence-electron chi connectivity index (χ0n) is 15.5. The zero-order valence-corrected chi connectivity index (χ0v) is 15.5. The lowest BCUT2D eigenvalue weighted by atomic mass is 10.0. The maximum absolute atomic E-state index is 12.9. The van der Waals surface area contributed by atoms with Gasteiger partial charge in [0.1, 0.15) is 0 Å². The van der Waals surface area contributed by atoms with Gasteiger partial charge in [0.2, 0.25) is 11.8 Å². The monoisotopic (exact) mass is 347 g/mol. The van der Waals surface area contributed by atoms with Crippen LogP contribution in [0, 0.1) is 5.92 Å². The fourth-order valence-electron chi connectivity index (χ4n) is 3.42. The molecule has 1 aromatic rings. The van der Waals surface area contributed by atoms with E-state index in [1.54, 1.807) is 12.1 Å². The van der Waals surface area contributed by atoms with Gasteiger partial charge in [-0.05, 0) is 31.7 Å².